The van der Waals surface area contributed by atoms with E-state index in [1.54, 1.807) is 30.3 Å². The van der Waals surface area contributed by atoms with E-state index in [-0.39, 0.29) is 11.4 Å². The predicted octanol–water partition coefficient (Wildman–Crippen LogP) is 6.86. The summed E-state index contributed by atoms with van der Waals surface area (Å²) in [5, 5.41) is 4.51. The van der Waals surface area contributed by atoms with E-state index in [9.17, 15) is 14.4 Å². The van der Waals surface area contributed by atoms with Gasteiger partial charge in [-0.1, -0.05) is 66.7 Å². The van der Waals surface area contributed by atoms with Crippen LogP contribution in [0.25, 0.3) is 16.8 Å². The van der Waals surface area contributed by atoms with Crippen molar-refractivity contribution < 1.29 is 19.1 Å². The molecule has 4 aromatic carbocycles. The number of para-hydroxylation sites is 1. The monoisotopic (exact) mass is 572 g/mol. The third-order valence-electron chi connectivity index (χ3n) is 5.75. The number of rotatable bonds is 7. The maximum atomic E-state index is 12.8. The van der Waals surface area contributed by atoms with Crippen molar-refractivity contribution in [1.82, 2.24) is 4.90 Å². The van der Waals surface area contributed by atoms with Gasteiger partial charge in [0.1, 0.15) is 18.9 Å². The molecule has 3 amide bonds. The highest BCUT2D eigenvalue weighted by Gasteiger charge is 2.36. The highest BCUT2D eigenvalue weighted by molar-refractivity contribution is 9.10. The van der Waals surface area contributed by atoms with E-state index in [2.05, 4.69) is 39.4 Å². The van der Waals surface area contributed by atoms with Gasteiger partial charge >= 0.3 is 0 Å². The number of hydrogen-bond donors (Lipinski definition) is 1. The molecule has 1 aliphatic heterocycles. The average Bonchev–Trinajstić information content (AvgIpc) is 3.16. The Balaban J connectivity index is 1.25. The molecule has 1 N–H and O–H groups in total. The van der Waals surface area contributed by atoms with Gasteiger partial charge < -0.3 is 10.1 Å². The lowest BCUT2D eigenvalue weighted by atomic mass is 10.1. The van der Waals surface area contributed by atoms with Gasteiger partial charge in [0, 0.05) is 5.69 Å². The van der Waals surface area contributed by atoms with Gasteiger partial charge in [0.15, 0.2) is 0 Å². The molecular weight excluding hydrogens is 552 g/mol. The molecule has 184 valence electrons. The Bertz CT molecular complexity index is 1530. The molecule has 0 saturated carbocycles. The number of halogens is 1. The largest absolute Gasteiger partial charge is 0.488 e. The predicted molar refractivity (Wildman–Crippen MR) is 150 cm³/mol. The smallest absolute Gasteiger partial charge is 0.294 e. The van der Waals surface area contributed by atoms with Crippen molar-refractivity contribution >= 4 is 67.3 Å². The van der Waals surface area contributed by atoms with Crippen LogP contribution >= 0.6 is 27.7 Å². The van der Waals surface area contributed by atoms with E-state index in [0.29, 0.717) is 18.0 Å². The van der Waals surface area contributed by atoms with E-state index >= 15 is 0 Å². The molecule has 4 aromatic rings. The Morgan fingerprint density at radius 3 is 2.51 bits per heavy atom. The number of carbonyl (C=O) groups is 3. The zero-order valence-electron chi connectivity index (χ0n) is 19.5. The second-order valence-electron chi connectivity index (χ2n) is 8.30. The standard InChI is InChI=1S/C29H21BrN2O4S/c30-24-15-19(13-14-25(24)36-18-21-9-6-8-20-7-4-5-12-23(20)21)16-26-28(34)32(29(35)37-26)17-27(33)31-22-10-2-1-3-11-22/h1-16H,17-18H2,(H,31,33)/b26-16-. The van der Waals surface area contributed by atoms with Crippen molar-refractivity contribution in [2.45, 2.75) is 6.61 Å². The number of anilines is 1. The number of nitrogens with zero attached hydrogens (tertiary/aromatic N) is 1. The Labute approximate surface area is 226 Å². The van der Waals surface area contributed by atoms with Gasteiger partial charge in [0.05, 0.1) is 9.38 Å². The van der Waals surface area contributed by atoms with Crippen LogP contribution in [0.4, 0.5) is 10.5 Å². The molecule has 5 rings (SSSR count). The van der Waals surface area contributed by atoms with E-state index in [0.717, 1.165) is 43.0 Å². The van der Waals surface area contributed by atoms with E-state index < -0.39 is 17.1 Å². The minimum Gasteiger partial charge on any atom is -0.488 e. The highest BCUT2D eigenvalue weighted by atomic mass is 79.9. The van der Waals surface area contributed by atoms with Gasteiger partial charge in [-0.3, -0.25) is 19.3 Å². The summed E-state index contributed by atoms with van der Waals surface area (Å²) in [5.41, 5.74) is 2.41. The fourth-order valence-electron chi connectivity index (χ4n) is 3.95. The Morgan fingerprint density at radius 2 is 1.70 bits per heavy atom. The molecule has 1 fully saturated rings. The summed E-state index contributed by atoms with van der Waals surface area (Å²) < 4.78 is 6.78. The topological polar surface area (TPSA) is 75.7 Å². The first kappa shape index (κ1) is 24.8. The number of ether oxygens (including phenoxy) is 1. The summed E-state index contributed by atoms with van der Waals surface area (Å²) in [6.07, 6.45) is 1.64. The van der Waals surface area contributed by atoms with Crippen molar-refractivity contribution in [3.05, 3.63) is 112 Å². The molecule has 6 nitrogen and oxygen atoms in total. The molecule has 0 unspecified atom stereocenters. The van der Waals surface area contributed by atoms with Gasteiger partial charge in [-0.15, -0.1) is 0 Å². The first-order valence-corrected chi connectivity index (χ1v) is 13.1. The minimum atomic E-state index is -0.495. The second-order valence-corrected chi connectivity index (χ2v) is 10.1. The lowest BCUT2D eigenvalue weighted by molar-refractivity contribution is -0.127. The maximum absolute atomic E-state index is 12.8. The molecule has 1 saturated heterocycles. The van der Waals surface area contributed by atoms with Crippen LogP contribution in [0.15, 0.2) is 100 Å². The Kier molecular flexibility index (Phi) is 7.39. The van der Waals surface area contributed by atoms with Gasteiger partial charge in [-0.05, 0) is 79.9 Å². The van der Waals surface area contributed by atoms with Crippen molar-refractivity contribution in [2.24, 2.45) is 0 Å². The number of nitrogens with one attached hydrogen (secondary N) is 1. The molecule has 37 heavy (non-hydrogen) atoms. The van der Waals surface area contributed by atoms with Gasteiger partial charge in [-0.2, -0.15) is 0 Å². The van der Waals surface area contributed by atoms with Crippen LogP contribution in [0.2, 0.25) is 0 Å². The summed E-state index contributed by atoms with van der Waals surface area (Å²) in [4.78, 5) is 38.8. The quantitative estimate of drug-likeness (QED) is 0.245. The molecule has 0 radical (unpaired) electrons. The summed E-state index contributed by atoms with van der Waals surface area (Å²) in [6, 6.07) is 28.6. The maximum Gasteiger partial charge on any atom is 0.294 e. The molecule has 8 heteroatoms. The van der Waals surface area contributed by atoms with Crippen LogP contribution in [-0.4, -0.2) is 28.5 Å². The van der Waals surface area contributed by atoms with E-state index in [4.69, 9.17) is 4.74 Å². The van der Waals surface area contributed by atoms with Crippen molar-refractivity contribution in [3.8, 4) is 5.75 Å². The molecule has 0 aromatic heterocycles. The highest BCUT2D eigenvalue weighted by Crippen LogP contribution is 2.34. The molecule has 1 aliphatic rings. The second kappa shape index (κ2) is 11.0. The van der Waals surface area contributed by atoms with Gasteiger partial charge in [0.2, 0.25) is 5.91 Å². The number of carbonyl (C=O) groups excluding carboxylic acids is 3. The average molecular weight is 573 g/mol. The lowest BCUT2D eigenvalue weighted by Gasteiger charge is -2.12. The van der Waals surface area contributed by atoms with E-state index in [1.807, 2.05) is 48.5 Å². The van der Waals surface area contributed by atoms with Crippen molar-refractivity contribution in [2.75, 3.05) is 11.9 Å². The molecule has 0 aliphatic carbocycles. The minimum absolute atomic E-state index is 0.258. The summed E-state index contributed by atoms with van der Waals surface area (Å²) >= 11 is 4.36. The van der Waals surface area contributed by atoms with Crippen molar-refractivity contribution in [1.29, 1.82) is 0 Å². The fraction of sp³-hybridized carbons (Fsp3) is 0.0690. The number of amides is 3. The van der Waals surface area contributed by atoms with Gasteiger partial charge in [0.25, 0.3) is 11.1 Å². The number of thioether (sulfide) groups is 1. The van der Waals surface area contributed by atoms with E-state index in [1.165, 1.54) is 0 Å². The Hall–Kier alpha value is -3.88. The molecule has 0 bridgehead atoms. The van der Waals surface area contributed by atoms with Crippen LogP contribution in [0, 0.1) is 0 Å². The number of imide groups is 1. The van der Waals surface area contributed by atoms with Crippen molar-refractivity contribution in [3.63, 3.8) is 0 Å². The molecule has 1 heterocycles. The lowest BCUT2D eigenvalue weighted by Crippen LogP contribution is -2.36. The zero-order valence-corrected chi connectivity index (χ0v) is 21.9. The third kappa shape index (κ3) is 5.76. The SMILES string of the molecule is O=C(CN1C(=O)S/C(=C\c2ccc(OCc3cccc4ccccc34)c(Br)c2)C1=O)Nc1ccccc1. The third-order valence-corrected chi connectivity index (χ3v) is 7.28. The summed E-state index contributed by atoms with van der Waals surface area (Å²) in [6.45, 7) is 0.0603. The number of fused-ring (bicyclic) bond motifs is 1. The van der Waals surface area contributed by atoms with Crippen LogP contribution in [0.3, 0.4) is 0 Å². The summed E-state index contributed by atoms with van der Waals surface area (Å²) in [5.74, 6) is -0.272. The molecule has 0 atom stereocenters. The first-order valence-electron chi connectivity index (χ1n) is 11.5. The summed E-state index contributed by atoms with van der Waals surface area (Å²) in [7, 11) is 0. The van der Waals surface area contributed by atoms with Gasteiger partial charge in [-0.25, -0.2) is 0 Å². The Morgan fingerprint density at radius 1 is 0.946 bits per heavy atom. The van der Waals surface area contributed by atoms with Crippen LogP contribution in [0.1, 0.15) is 11.1 Å². The number of hydrogen-bond acceptors (Lipinski definition) is 5. The normalized spacial score (nSPS) is 14.4. The zero-order chi connectivity index (χ0) is 25.8. The van der Waals surface area contributed by atoms with Crippen LogP contribution in [-0.2, 0) is 16.2 Å². The van der Waals surface area contributed by atoms with Crippen LogP contribution < -0.4 is 10.1 Å². The first-order chi connectivity index (χ1) is 18.0. The molecule has 0 spiro atoms. The number of benzene rings is 4. The molecular formula is C29H21BrN2O4S. The van der Waals surface area contributed by atoms with Crippen LogP contribution in [0.5, 0.6) is 5.75 Å². The fourth-order valence-corrected chi connectivity index (χ4v) is 5.30.